The summed E-state index contributed by atoms with van der Waals surface area (Å²) >= 11 is 0. The summed E-state index contributed by atoms with van der Waals surface area (Å²) in [4.78, 5) is 4.94. The number of rotatable bonds is 5. The number of piperidine rings is 1. The minimum Gasteiger partial charge on any atom is -0.319 e. The highest BCUT2D eigenvalue weighted by Gasteiger charge is 2.30. The first kappa shape index (κ1) is 16.1. The Bertz CT molecular complexity index is 393. The van der Waals surface area contributed by atoms with Crippen LogP contribution in [0.15, 0.2) is 0 Å². The molecule has 0 aliphatic carbocycles. The van der Waals surface area contributed by atoms with Crippen molar-refractivity contribution in [1.29, 1.82) is 0 Å². The normalized spacial score (nSPS) is 27.8. The van der Waals surface area contributed by atoms with Crippen molar-refractivity contribution in [2.45, 2.75) is 12.8 Å². The molecule has 0 aromatic heterocycles. The lowest BCUT2D eigenvalue weighted by molar-refractivity contribution is 0.129. The first-order valence-electron chi connectivity index (χ1n) is 7.37. The lowest BCUT2D eigenvalue weighted by Crippen LogP contribution is -2.57. The maximum atomic E-state index is 12.4. The van der Waals surface area contributed by atoms with Gasteiger partial charge in [0.1, 0.15) is 0 Å². The first-order valence-corrected chi connectivity index (χ1v) is 8.81. The molecule has 8 heteroatoms. The van der Waals surface area contributed by atoms with Gasteiger partial charge in [0, 0.05) is 39.3 Å². The van der Waals surface area contributed by atoms with E-state index in [9.17, 15) is 8.42 Å². The van der Waals surface area contributed by atoms with Crippen LogP contribution >= 0.6 is 0 Å². The Morgan fingerprint density at radius 1 is 1.15 bits per heavy atom. The second-order valence-corrected chi connectivity index (χ2v) is 7.46. The average molecular weight is 305 g/mol. The number of nitrogens with one attached hydrogen (secondary N) is 2. The molecule has 2 saturated heterocycles. The van der Waals surface area contributed by atoms with Gasteiger partial charge >= 0.3 is 0 Å². The monoisotopic (exact) mass is 305 g/mol. The predicted octanol–water partition coefficient (Wildman–Crippen LogP) is -1.09. The molecular weight excluding hydrogens is 278 g/mol. The van der Waals surface area contributed by atoms with Crippen LogP contribution in [0.3, 0.4) is 0 Å². The van der Waals surface area contributed by atoms with Gasteiger partial charge in [-0.15, -0.1) is 4.83 Å². The molecule has 0 aromatic rings. The van der Waals surface area contributed by atoms with Crippen molar-refractivity contribution in [3.8, 4) is 0 Å². The Balaban J connectivity index is 1.89. The van der Waals surface area contributed by atoms with Gasteiger partial charge in [-0.25, -0.2) is 5.01 Å². The number of likely N-dealkylation sites (N-methyl/N-ethyl adjacent to an activating group) is 1. The van der Waals surface area contributed by atoms with Gasteiger partial charge in [-0.1, -0.05) is 0 Å². The fourth-order valence-electron chi connectivity index (χ4n) is 2.82. The summed E-state index contributed by atoms with van der Waals surface area (Å²) in [5, 5.41) is 4.95. The van der Waals surface area contributed by atoms with Crippen molar-refractivity contribution >= 4 is 10.2 Å². The number of hydrogen-bond acceptors (Lipinski definition) is 5. The Hall–Kier alpha value is -0.250. The summed E-state index contributed by atoms with van der Waals surface area (Å²) in [6.45, 7) is 5.39. The van der Waals surface area contributed by atoms with Gasteiger partial charge in [-0.2, -0.15) is 12.7 Å². The highest BCUT2D eigenvalue weighted by molar-refractivity contribution is 7.87. The fourth-order valence-corrected chi connectivity index (χ4v) is 4.22. The van der Waals surface area contributed by atoms with Crippen molar-refractivity contribution in [3.63, 3.8) is 0 Å². The second kappa shape index (κ2) is 7.15. The number of hydrogen-bond donors (Lipinski definition) is 2. The molecule has 2 heterocycles. The van der Waals surface area contributed by atoms with Gasteiger partial charge in [0.25, 0.3) is 10.2 Å². The zero-order valence-corrected chi connectivity index (χ0v) is 13.3. The van der Waals surface area contributed by atoms with Crippen molar-refractivity contribution in [3.05, 3.63) is 0 Å². The van der Waals surface area contributed by atoms with Crippen LogP contribution in [0.25, 0.3) is 0 Å². The molecule has 1 unspecified atom stereocenters. The van der Waals surface area contributed by atoms with E-state index < -0.39 is 10.2 Å². The third-order valence-electron chi connectivity index (χ3n) is 4.06. The summed E-state index contributed by atoms with van der Waals surface area (Å²) < 4.78 is 26.4. The summed E-state index contributed by atoms with van der Waals surface area (Å²) in [6, 6.07) is 0. The van der Waals surface area contributed by atoms with Gasteiger partial charge < -0.3 is 10.2 Å². The molecule has 118 valence electrons. The summed E-state index contributed by atoms with van der Waals surface area (Å²) in [5.74, 6) is 0.415. The highest BCUT2D eigenvalue weighted by atomic mass is 32.2. The molecule has 0 bridgehead atoms. The van der Waals surface area contributed by atoms with Crippen LogP contribution in [-0.4, -0.2) is 82.5 Å². The fraction of sp³-hybridized carbons (Fsp3) is 1.00. The molecule has 0 aromatic carbocycles. The predicted molar refractivity (Wildman–Crippen MR) is 79.3 cm³/mol. The van der Waals surface area contributed by atoms with Crippen molar-refractivity contribution in [2.75, 3.05) is 59.9 Å². The van der Waals surface area contributed by atoms with Crippen LogP contribution < -0.4 is 10.1 Å². The maximum absolute atomic E-state index is 12.4. The third-order valence-corrected chi connectivity index (χ3v) is 5.56. The van der Waals surface area contributed by atoms with Crippen molar-refractivity contribution < 1.29 is 8.42 Å². The van der Waals surface area contributed by atoms with E-state index in [4.69, 9.17) is 0 Å². The van der Waals surface area contributed by atoms with Crippen LogP contribution in [0.5, 0.6) is 0 Å². The standard InChI is InChI=1S/C12H27N5O2S/c1-13-10-12-4-3-5-17(11-12)20(18,19)14-16-8-6-15(2)7-9-16/h12-14H,3-11H2,1-2H3. The molecular formula is C12H27N5O2S. The second-order valence-electron chi connectivity index (χ2n) is 5.81. The van der Waals surface area contributed by atoms with Crippen molar-refractivity contribution in [1.82, 2.24) is 24.4 Å². The van der Waals surface area contributed by atoms with E-state index in [0.29, 0.717) is 19.0 Å². The zero-order chi connectivity index (χ0) is 14.6. The number of piperazine rings is 1. The summed E-state index contributed by atoms with van der Waals surface area (Å²) in [7, 11) is 0.578. The molecule has 20 heavy (non-hydrogen) atoms. The largest absolute Gasteiger partial charge is 0.319 e. The zero-order valence-electron chi connectivity index (χ0n) is 12.5. The molecule has 1 atom stereocenters. The molecule has 0 saturated carbocycles. The van der Waals surface area contributed by atoms with E-state index in [1.165, 1.54) is 0 Å². The molecule has 2 fully saturated rings. The van der Waals surface area contributed by atoms with E-state index >= 15 is 0 Å². The smallest absolute Gasteiger partial charge is 0.292 e. The quantitative estimate of drug-likeness (QED) is 0.676. The van der Waals surface area contributed by atoms with Crippen LogP contribution in [0, 0.1) is 5.92 Å². The Morgan fingerprint density at radius 2 is 1.85 bits per heavy atom. The minimum atomic E-state index is -3.39. The van der Waals surface area contributed by atoms with E-state index in [1.54, 1.807) is 4.31 Å². The SMILES string of the molecule is CNCC1CCCN(S(=O)(=O)NN2CCN(C)CC2)C1. The number of nitrogens with zero attached hydrogens (tertiary/aromatic N) is 3. The molecule has 2 aliphatic heterocycles. The average Bonchev–Trinajstić information content (AvgIpc) is 2.42. The Kier molecular flexibility index (Phi) is 5.76. The van der Waals surface area contributed by atoms with E-state index in [-0.39, 0.29) is 0 Å². The highest BCUT2D eigenvalue weighted by Crippen LogP contribution is 2.18. The Morgan fingerprint density at radius 3 is 2.50 bits per heavy atom. The molecule has 0 radical (unpaired) electrons. The number of hydrazine groups is 1. The summed E-state index contributed by atoms with van der Waals surface area (Å²) in [6.07, 6.45) is 2.04. The molecule has 2 rings (SSSR count). The Labute approximate surface area is 122 Å². The van der Waals surface area contributed by atoms with Crippen molar-refractivity contribution in [2.24, 2.45) is 5.92 Å². The van der Waals surface area contributed by atoms with Gasteiger partial charge in [-0.05, 0) is 39.4 Å². The first-order chi connectivity index (χ1) is 9.51. The lowest BCUT2D eigenvalue weighted by atomic mass is 10.00. The van der Waals surface area contributed by atoms with E-state index in [1.807, 2.05) is 12.1 Å². The third kappa shape index (κ3) is 4.37. The summed E-state index contributed by atoms with van der Waals surface area (Å²) in [5.41, 5.74) is 0. The van der Waals surface area contributed by atoms with Gasteiger partial charge in [0.05, 0.1) is 0 Å². The topological polar surface area (TPSA) is 67.9 Å². The van der Waals surface area contributed by atoms with Gasteiger partial charge in [0.2, 0.25) is 0 Å². The molecule has 0 spiro atoms. The van der Waals surface area contributed by atoms with E-state index in [2.05, 4.69) is 22.1 Å². The van der Waals surface area contributed by atoms with Crippen LogP contribution in [0.2, 0.25) is 0 Å². The lowest BCUT2D eigenvalue weighted by Gasteiger charge is -2.36. The van der Waals surface area contributed by atoms with E-state index in [0.717, 1.165) is 45.6 Å². The maximum Gasteiger partial charge on any atom is 0.292 e. The van der Waals surface area contributed by atoms with Crippen LogP contribution in [0.1, 0.15) is 12.8 Å². The minimum absolute atomic E-state index is 0.415. The molecule has 7 nitrogen and oxygen atoms in total. The van der Waals surface area contributed by atoms with Gasteiger partial charge in [0.15, 0.2) is 0 Å². The van der Waals surface area contributed by atoms with Crippen LogP contribution in [0.4, 0.5) is 0 Å². The molecule has 2 N–H and O–H groups in total. The molecule has 2 aliphatic rings. The molecule has 0 amide bonds. The van der Waals surface area contributed by atoms with Gasteiger partial charge in [-0.3, -0.25) is 0 Å². The van der Waals surface area contributed by atoms with Crippen LogP contribution in [-0.2, 0) is 10.2 Å².